The number of hydrogen-bond donors (Lipinski definition) is 4. The Labute approximate surface area is 375 Å². The maximum absolute atomic E-state index is 13.4. The fourth-order valence-electron chi connectivity index (χ4n) is 8.57. The highest BCUT2D eigenvalue weighted by atomic mass is 16.7. The van der Waals surface area contributed by atoms with E-state index < -0.39 is 114 Å². The largest absolute Gasteiger partial charge is 0.466 e. The van der Waals surface area contributed by atoms with Gasteiger partial charge in [0.25, 0.3) is 0 Å². The highest BCUT2D eigenvalue weighted by molar-refractivity contribution is 5.85. The molecule has 17 heteroatoms. The van der Waals surface area contributed by atoms with Crippen LogP contribution >= 0.6 is 0 Å². The molecular formula is C47H68O17. The second kappa shape index (κ2) is 22.3. The first-order valence-electron chi connectivity index (χ1n) is 21.9. The van der Waals surface area contributed by atoms with E-state index in [-0.39, 0.29) is 50.5 Å². The van der Waals surface area contributed by atoms with Gasteiger partial charge in [-0.25, -0.2) is 14.4 Å². The van der Waals surface area contributed by atoms with Crippen molar-refractivity contribution in [2.24, 2.45) is 10.8 Å². The molecule has 4 aliphatic rings. The lowest BCUT2D eigenvalue weighted by Gasteiger charge is -2.53. The number of fused-ring (bicyclic) bond motifs is 6. The molecule has 358 valence electrons. The van der Waals surface area contributed by atoms with Crippen molar-refractivity contribution in [3.05, 3.63) is 59.8 Å². The molecule has 0 aliphatic carbocycles. The Morgan fingerprint density at radius 2 is 1.56 bits per heavy atom. The molecule has 0 unspecified atom stereocenters. The molecule has 17 nitrogen and oxygen atoms in total. The summed E-state index contributed by atoms with van der Waals surface area (Å²) in [6, 6.07) is 0. The molecule has 3 fully saturated rings. The van der Waals surface area contributed by atoms with Crippen LogP contribution in [-0.4, -0.2) is 131 Å². The van der Waals surface area contributed by atoms with Gasteiger partial charge in [0, 0.05) is 56.3 Å². The third kappa shape index (κ3) is 13.4. The minimum Gasteiger partial charge on any atom is -0.466 e. The lowest BCUT2D eigenvalue weighted by atomic mass is 9.70. The molecule has 4 aliphatic heterocycles. The maximum Gasteiger partial charge on any atom is 0.331 e. The van der Waals surface area contributed by atoms with Crippen molar-refractivity contribution in [3.63, 3.8) is 0 Å². The molecule has 0 aromatic heterocycles. The summed E-state index contributed by atoms with van der Waals surface area (Å²) >= 11 is 0. The summed E-state index contributed by atoms with van der Waals surface area (Å²) in [7, 11) is 2.40. The third-order valence-corrected chi connectivity index (χ3v) is 12.4. The van der Waals surface area contributed by atoms with Crippen molar-refractivity contribution in [2.75, 3.05) is 14.2 Å². The van der Waals surface area contributed by atoms with E-state index in [0.29, 0.717) is 5.57 Å². The quantitative estimate of drug-likeness (QED) is 0.0830. The van der Waals surface area contributed by atoms with E-state index >= 15 is 0 Å². The Kier molecular flexibility index (Phi) is 18.3. The van der Waals surface area contributed by atoms with Crippen LogP contribution < -0.4 is 0 Å². The monoisotopic (exact) mass is 904 g/mol. The van der Waals surface area contributed by atoms with Gasteiger partial charge in [0.15, 0.2) is 11.9 Å². The zero-order chi connectivity index (χ0) is 47.6. The molecule has 0 aromatic carbocycles. The topological polar surface area (TPSA) is 240 Å². The molecule has 6 bridgehead atoms. The predicted molar refractivity (Wildman–Crippen MR) is 228 cm³/mol. The highest BCUT2D eigenvalue weighted by Crippen LogP contribution is 2.50. The Morgan fingerprint density at radius 1 is 0.875 bits per heavy atom. The van der Waals surface area contributed by atoms with Crippen molar-refractivity contribution in [2.45, 2.75) is 179 Å². The molecule has 0 amide bonds. The zero-order valence-electron chi connectivity index (χ0n) is 38.5. The number of allylic oxidation sites excluding steroid dienone is 3. The molecule has 4 N–H and O–H groups in total. The first-order valence-corrected chi connectivity index (χ1v) is 21.9. The van der Waals surface area contributed by atoms with E-state index in [4.69, 9.17) is 37.9 Å². The van der Waals surface area contributed by atoms with Crippen LogP contribution in [0.15, 0.2) is 59.8 Å². The van der Waals surface area contributed by atoms with E-state index in [2.05, 4.69) is 0 Å². The van der Waals surface area contributed by atoms with E-state index in [9.17, 15) is 44.4 Å². The van der Waals surface area contributed by atoms with Crippen molar-refractivity contribution >= 4 is 29.8 Å². The van der Waals surface area contributed by atoms with Gasteiger partial charge in [-0.1, -0.05) is 77.0 Å². The molecule has 3 saturated heterocycles. The number of methoxy groups -OCH3 is 2. The molecule has 4 heterocycles. The number of carbonyl (C=O) groups is 5. The Morgan fingerprint density at radius 3 is 2.20 bits per heavy atom. The molecule has 11 atom stereocenters. The lowest BCUT2D eigenvalue weighted by molar-refractivity contribution is -0.348. The van der Waals surface area contributed by atoms with Crippen LogP contribution in [0.3, 0.4) is 0 Å². The average Bonchev–Trinajstić information content (AvgIpc) is 3.19. The first-order chi connectivity index (χ1) is 29.9. The number of ether oxygens (including phenoxy) is 8. The summed E-state index contributed by atoms with van der Waals surface area (Å²) in [5.74, 6) is -8.31. The summed E-state index contributed by atoms with van der Waals surface area (Å²) in [6.07, 6.45) is 2.55. The average molecular weight is 905 g/mol. The van der Waals surface area contributed by atoms with E-state index in [1.165, 1.54) is 33.1 Å². The van der Waals surface area contributed by atoms with Crippen LogP contribution in [0.4, 0.5) is 0 Å². The van der Waals surface area contributed by atoms with Gasteiger partial charge in [-0.15, -0.1) is 0 Å². The molecule has 4 rings (SSSR count). The number of hydrogen-bond acceptors (Lipinski definition) is 17. The maximum atomic E-state index is 13.4. The van der Waals surface area contributed by atoms with Gasteiger partial charge >= 0.3 is 29.8 Å². The molecule has 0 aromatic rings. The van der Waals surface area contributed by atoms with Crippen LogP contribution in [0.5, 0.6) is 0 Å². The summed E-state index contributed by atoms with van der Waals surface area (Å²) in [6.45, 7) is 11.2. The van der Waals surface area contributed by atoms with Crippen LogP contribution in [0, 0.1) is 10.8 Å². The number of unbranched alkanes of at least 4 members (excludes halogenated alkanes) is 1. The number of esters is 5. The summed E-state index contributed by atoms with van der Waals surface area (Å²) in [4.78, 5) is 64.7. The number of aliphatic hydroxyl groups is 4. The molecule has 0 spiro atoms. The number of carbonyl (C=O) groups excluding carboxylic acids is 5. The second-order valence-corrected chi connectivity index (χ2v) is 18.3. The normalized spacial score (nSPS) is 35.8. The SMILES string of the molecule is CCC/C=C/C=C/C(=O)O[C@H]1/C(=C\C(=O)OC)C[C@H]2C[C@H]([C@@H](C)O)OC(=O)C[C@H](O)C[C@@H]3C[C@H](OC(C)=O)C(C)(C)[C@@](O)(C[C@@H]4C/C(=C/C(=O)OC)C[C@H](/C=C/C(C)(C)[C@]1(O)O2)O4)O3. The Balaban J connectivity index is 1.89. The molecule has 0 radical (unpaired) electrons. The van der Waals surface area contributed by atoms with Crippen LogP contribution in [0.2, 0.25) is 0 Å². The van der Waals surface area contributed by atoms with Crippen LogP contribution in [0.25, 0.3) is 0 Å². The fraction of sp³-hybridized carbons (Fsp3) is 0.681. The van der Waals surface area contributed by atoms with Crippen LogP contribution in [0.1, 0.15) is 113 Å². The van der Waals surface area contributed by atoms with Crippen LogP contribution in [-0.2, 0) is 61.9 Å². The van der Waals surface area contributed by atoms with Crippen molar-refractivity contribution in [1.29, 1.82) is 0 Å². The molecular weight excluding hydrogens is 836 g/mol. The summed E-state index contributed by atoms with van der Waals surface area (Å²) in [5, 5.41) is 47.5. The third-order valence-electron chi connectivity index (χ3n) is 12.4. The number of aliphatic hydroxyl groups excluding tert-OH is 2. The highest BCUT2D eigenvalue weighted by Gasteiger charge is 2.59. The number of cyclic esters (lactones) is 1. The Hall–Kier alpha value is -4.23. The van der Waals surface area contributed by atoms with Gasteiger partial charge < -0.3 is 58.3 Å². The smallest absolute Gasteiger partial charge is 0.331 e. The minimum absolute atomic E-state index is 0.0721. The van der Waals surface area contributed by atoms with Gasteiger partial charge in [-0.3, -0.25) is 9.59 Å². The second-order valence-electron chi connectivity index (χ2n) is 18.3. The minimum atomic E-state index is -2.47. The van der Waals surface area contributed by atoms with Gasteiger partial charge in [0.05, 0.1) is 62.7 Å². The van der Waals surface area contributed by atoms with Gasteiger partial charge in [-0.05, 0) is 38.2 Å². The fourth-order valence-corrected chi connectivity index (χ4v) is 8.57. The van der Waals surface area contributed by atoms with Crippen molar-refractivity contribution < 1.29 is 82.3 Å². The van der Waals surface area contributed by atoms with E-state index in [1.807, 2.05) is 13.0 Å². The summed E-state index contributed by atoms with van der Waals surface area (Å²) < 4.78 is 46.7. The van der Waals surface area contributed by atoms with Crippen molar-refractivity contribution in [3.8, 4) is 0 Å². The summed E-state index contributed by atoms with van der Waals surface area (Å²) in [5.41, 5.74) is -2.06. The standard InChI is InChI=1S/C47H68O17/c1-10-11-12-13-14-15-39(51)62-43-31(22-41(53)58-9)21-34-25-37(28(2)48)61-42(54)24-32(50)23-35-26-38(59-29(3)49)45(6,7)46(55,63-35)27-36-19-30(20-40(52)57-8)18-33(60-36)16-17-44(4,5)47(43,56)64-34/h12-17,20,22,28,32-38,43,48,50,55-56H,10-11,18-19,21,23-27H2,1-9H3/b13-12+,15-14+,17-16+,30-20+,31-22-/t28-,32-,33+,34+,35-,36+,37-,38+,43+,46-,47-/m1/s1. The molecule has 64 heavy (non-hydrogen) atoms. The van der Waals surface area contributed by atoms with Crippen molar-refractivity contribution in [1.82, 2.24) is 0 Å². The van der Waals surface area contributed by atoms with Gasteiger partial charge in [0.1, 0.15) is 12.2 Å². The lowest BCUT2D eigenvalue weighted by Crippen LogP contribution is -2.62. The van der Waals surface area contributed by atoms with E-state index in [0.717, 1.165) is 32.1 Å². The number of rotatable bonds is 9. The first kappa shape index (κ1) is 52.4. The van der Waals surface area contributed by atoms with Gasteiger partial charge in [0.2, 0.25) is 5.79 Å². The Bertz CT molecular complexity index is 1830. The molecule has 0 saturated carbocycles. The van der Waals surface area contributed by atoms with Gasteiger partial charge in [-0.2, -0.15) is 0 Å². The predicted octanol–water partition coefficient (Wildman–Crippen LogP) is 4.28. The zero-order valence-corrected chi connectivity index (χ0v) is 38.5. The van der Waals surface area contributed by atoms with E-state index in [1.54, 1.807) is 45.9 Å².